The Bertz CT molecular complexity index is 91.0. The highest BCUT2D eigenvalue weighted by Gasteiger charge is 2.17. The van der Waals surface area contributed by atoms with Crippen LogP contribution in [-0.4, -0.2) is 12.6 Å². The summed E-state index contributed by atoms with van der Waals surface area (Å²) in [4.78, 5) is 0. The lowest BCUT2D eigenvalue weighted by molar-refractivity contribution is 0.0254. The Morgan fingerprint density at radius 3 is 2.22 bits per heavy atom. The van der Waals surface area contributed by atoms with Crippen LogP contribution in [0.3, 0.4) is 0 Å². The van der Waals surface area contributed by atoms with E-state index in [2.05, 4.69) is 0 Å². The van der Waals surface area contributed by atoms with E-state index < -0.39 is 12.6 Å². The van der Waals surface area contributed by atoms with Crippen LogP contribution < -0.4 is 0 Å². The van der Waals surface area contributed by atoms with Gasteiger partial charge in [0.1, 0.15) is 6.67 Å². The van der Waals surface area contributed by atoms with Gasteiger partial charge in [0.2, 0.25) is 5.92 Å². The molecule has 0 heterocycles. The SMILES string of the molecule is CC(F)(F)CC=CCF. The second-order valence-corrected chi connectivity index (χ2v) is 1.90. The minimum atomic E-state index is -2.70. The maximum absolute atomic E-state index is 11.9. The molecule has 0 aliphatic rings. The molecule has 0 nitrogen and oxygen atoms in total. The number of allylic oxidation sites excluding steroid dienone is 2. The van der Waals surface area contributed by atoms with Crippen LogP contribution >= 0.6 is 0 Å². The van der Waals surface area contributed by atoms with Gasteiger partial charge in [0.15, 0.2) is 0 Å². The molecule has 0 aliphatic heterocycles. The van der Waals surface area contributed by atoms with Gasteiger partial charge >= 0.3 is 0 Å². The van der Waals surface area contributed by atoms with Gasteiger partial charge in [-0.1, -0.05) is 12.2 Å². The highest BCUT2D eigenvalue weighted by Crippen LogP contribution is 2.16. The van der Waals surface area contributed by atoms with Crippen molar-refractivity contribution in [3.05, 3.63) is 12.2 Å². The Kier molecular flexibility index (Phi) is 3.35. The molecule has 0 spiro atoms. The van der Waals surface area contributed by atoms with Crippen molar-refractivity contribution in [2.75, 3.05) is 6.67 Å². The van der Waals surface area contributed by atoms with Crippen molar-refractivity contribution in [2.24, 2.45) is 0 Å². The van der Waals surface area contributed by atoms with E-state index in [0.717, 1.165) is 19.1 Å². The third-order valence-corrected chi connectivity index (χ3v) is 0.732. The summed E-state index contributed by atoms with van der Waals surface area (Å²) in [5, 5.41) is 0. The lowest BCUT2D eigenvalue weighted by Gasteiger charge is -2.03. The summed E-state index contributed by atoms with van der Waals surface area (Å²) in [6.45, 7) is 0.131. The van der Waals surface area contributed by atoms with Gasteiger partial charge in [-0.2, -0.15) is 0 Å². The number of alkyl halides is 3. The maximum atomic E-state index is 11.9. The van der Waals surface area contributed by atoms with E-state index >= 15 is 0 Å². The molecule has 54 valence electrons. The molecule has 0 N–H and O–H groups in total. The predicted octanol–water partition coefficient (Wildman–Crippen LogP) is 2.56. The van der Waals surface area contributed by atoms with Crippen molar-refractivity contribution in [1.82, 2.24) is 0 Å². The van der Waals surface area contributed by atoms with E-state index in [1.807, 2.05) is 0 Å². The maximum Gasteiger partial charge on any atom is 0.248 e. The van der Waals surface area contributed by atoms with Crippen molar-refractivity contribution in [1.29, 1.82) is 0 Å². The van der Waals surface area contributed by atoms with Crippen molar-refractivity contribution in [2.45, 2.75) is 19.3 Å². The molecule has 0 aliphatic carbocycles. The van der Waals surface area contributed by atoms with Gasteiger partial charge in [0.05, 0.1) is 0 Å². The van der Waals surface area contributed by atoms with E-state index in [1.54, 1.807) is 0 Å². The van der Waals surface area contributed by atoms with Crippen LogP contribution in [0, 0.1) is 0 Å². The summed E-state index contributed by atoms with van der Waals surface area (Å²) >= 11 is 0. The zero-order valence-corrected chi connectivity index (χ0v) is 5.20. The smallest absolute Gasteiger partial charge is 0.247 e. The van der Waals surface area contributed by atoms with Crippen LogP contribution in [-0.2, 0) is 0 Å². The van der Waals surface area contributed by atoms with Crippen LogP contribution in [0.1, 0.15) is 13.3 Å². The largest absolute Gasteiger partial charge is 0.248 e. The Morgan fingerprint density at radius 1 is 1.33 bits per heavy atom. The monoisotopic (exact) mass is 138 g/mol. The first-order chi connectivity index (χ1) is 4.06. The molecular weight excluding hydrogens is 129 g/mol. The van der Waals surface area contributed by atoms with Gasteiger partial charge in [-0.15, -0.1) is 0 Å². The molecule has 0 saturated heterocycles. The van der Waals surface area contributed by atoms with E-state index in [-0.39, 0.29) is 6.42 Å². The second kappa shape index (κ2) is 3.54. The first-order valence-electron chi connectivity index (χ1n) is 2.65. The van der Waals surface area contributed by atoms with Crippen molar-refractivity contribution >= 4 is 0 Å². The van der Waals surface area contributed by atoms with Gasteiger partial charge in [-0.3, -0.25) is 0 Å². The second-order valence-electron chi connectivity index (χ2n) is 1.90. The Morgan fingerprint density at radius 2 is 1.89 bits per heavy atom. The highest BCUT2D eigenvalue weighted by atomic mass is 19.3. The molecule has 0 atom stereocenters. The molecule has 9 heavy (non-hydrogen) atoms. The van der Waals surface area contributed by atoms with Crippen LogP contribution in [0.2, 0.25) is 0 Å². The normalized spacial score (nSPS) is 12.9. The summed E-state index contributed by atoms with van der Waals surface area (Å²) in [5.74, 6) is -2.70. The number of rotatable bonds is 3. The summed E-state index contributed by atoms with van der Waals surface area (Å²) in [5.41, 5.74) is 0. The zero-order valence-electron chi connectivity index (χ0n) is 5.20. The molecule has 0 rings (SSSR count). The molecule has 0 aromatic heterocycles. The van der Waals surface area contributed by atoms with Gasteiger partial charge < -0.3 is 0 Å². The number of hydrogen-bond acceptors (Lipinski definition) is 0. The van der Waals surface area contributed by atoms with Gasteiger partial charge in [0.25, 0.3) is 0 Å². The standard InChI is InChI=1S/C6H9F3/c1-6(8,9)4-2-3-5-7/h2-3H,4-5H2,1H3. The molecule has 0 aromatic carbocycles. The van der Waals surface area contributed by atoms with E-state index in [1.165, 1.54) is 0 Å². The Balaban J connectivity index is 3.38. The van der Waals surface area contributed by atoms with Crippen LogP contribution in [0.4, 0.5) is 13.2 Å². The van der Waals surface area contributed by atoms with E-state index in [4.69, 9.17) is 0 Å². The van der Waals surface area contributed by atoms with Gasteiger partial charge in [0, 0.05) is 6.42 Å². The topological polar surface area (TPSA) is 0 Å². The molecule has 0 radical (unpaired) electrons. The van der Waals surface area contributed by atoms with Crippen molar-refractivity contribution in [3.8, 4) is 0 Å². The Hall–Kier alpha value is -0.470. The average molecular weight is 138 g/mol. The fourth-order valence-corrected chi connectivity index (χ4v) is 0.353. The van der Waals surface area contributed by atoms with Gasteiger partial charge in [-0.25, -0.2) is 13.2 Å². The lowest BCUT2D eigenvalue weighted by atomic mass is 10.2. The molecule has 3 heteroatoms. The molecule has 0 fully saturated rings. The summed E-state index contributed by atoms with van der Waals surface area (Å²) in [7, 11) is 0. The number of hydrogen-bond donors (Lipinski definition) is 0. The lowest BCUT2D eigenvalue weighted by Crippen LogP contribution is -2.06. The van der Waals surface area contributed by atoms with Crippen molar-refractivity contribution < 1.29 is 13.2 Å². The quantitative estimate of drug-likeness (QED) is 0.526. The first kappa shape index (κ1) is 8.53. The fourth-order valence-electron chi connectivity index (χ4n) is 0.353. The van der Waals surface area contributed by atoms with Crippen LogP contribution in [0.25, 0.3) is 0 Å². The fraction of sp³-hybridized carbons (Fsp3) is 0.667. The molecule has 0 unspecified atom stereocenters. The molecule has 0 amide bonds. The van der Waals surface area contributed by atoms with E-state index in [0.29, 0.717) is 0 Å². The first-order valence-corrected chi connectivity index (χ1v) is 2.65. The molecule has 0 aromatic rings. The van der Waals surface area contributed by atoms with Crippen molar-refractivity contribution in [3.63, 3.8) is 0 Å². The minimum Gasteiger partial charge on any atom is -0.247 e. The Labute approximate surface area is 52.4 Å². The average Bonchev–Trinajstić information content (AvgIpc) is 1.63. The van der Waals surface area contributed by atoms with Gasteiger partial charge in [-0.05, 0) is 6.92 Å². The molecule has 0 saturated carbocycles. The summed E-state index contributed by atoms with van der Waals surface area (Å²) in [6.07, 6.45) is 1.84. The minimum absolute atomic E-state index is 0.378. The molecule has 0 bridgehead atoms. The van der Waals surface area contributed by atoms with Crippen LogP contribution in [0.5, 0.6) is 0 Å². The zero-order chi connectivity index (χ0) is 7.33. The van der Waals surface area contributed by atoms with Crippen LogP contribution in [0.15, 0.2) is 12.2 Å². The third kappa shape index (κ3) is 7.53. The molecular formula is C6H9F3. The predicted molar refractivity (Wildman–Crippen MR) is 30.4 cm³/mol. The summed E-state index contributed by atoms with van der Waals surface area (Å²) < 4.78 is 35.0. The van der Waals surface area contributed by atoms with E-state index in [9.17, 15) is 13.2 Å². The summed E-state index contributed by atoms with van der Waals surface area (Å²) in [6, 6.07) is 0. The number of halogens is 3. The highest BCUT2D eigenvalue weighted by molar-refractivity contribution is 4.84. The third-order valence-electron chi connectivity index (χ3n) is 0.732.